The SMILES string of the molecule is CCCOC(=O)[C@H](C)NP(=O)(OC[C@H]1O[C@@H](n2cnc3c(OC)nc(N)nc32)[C@](C)(C#N)[C@@H]1O)Oc1ccccc1. The van der Waals surface area contributed by atoms with Gasteiger partial charge in [0.15, 0.2) is 17.4 Å². The molecule has 0 radical (unpaired) electrons. The van der Waals surface area contributed by atoms with E-state index in [4.69, 9.17) is 29.0 Å². The minimum absolute atomic E-state index is 0.0927. The number of ether oxygens (including phenoxy) is 3. The lowest BCUT2D eigenvalue weighted by molar-refractivity contribution is -0.145. The standard InChI is InChI=1S/C25H32N7O8P/c1-5-11-37-22(34)15(2)31-41(35,40-16-9-7-6-8-10-16)38-12-17-19(33)25(3,13-26)23(39-17)32-14-28-18-20(32)29-24(27)30-21(18)36-4/h6-10,14-15,17,19,23,33H,5,11-12H2,1-4H3,(H,31,35)(H2,27,29,30)/t15-,17+,19+,23+,25+,41?/m0/s1. The fourth-order valence-electron chi connectivity index (χ4n) is 4.24. The van der Waals surface area contributed by atoms with Crippen LogP contribution in [0.3, 0.4) is 0 Å². The molecule has 0 bridgehead atoms. The Labute approximate surface area is 236 Å². The van der Waals surface area contributed by atoms with Crippen molar-refractivity contribution in [1.82, 2.24) is 24.6 Å². The van der Waals surface area contributed by atoms with E-state index in [2.05, 4.69) is 26.1 Å². The number of imidazole rings is 1. The van der Waals surface area contributed by atoms with Gasteiger partial charge in [-0.3, -0.25) is 13.9 Å². The Morgan fingerprint density at radius 2 is 2.10 bits per heavy atom. The number of nitrogens with two attached hydrogens (primary N) is 1. The summed E-state index contributed by atoms with van der Waals surface area (Å²) in [5.74, 6) is -0.406. The molecule has 1 saturated heterocycles. The van der Waals surface area contributed by atoms with E-state index in [1.165, 1.54) is 31.9 Å². The van der Waals surface area contributed by atoms with Gasteiger partial charge in [-0.25, -0.2) is 9.55 Å². The number of para-hydroxylation sites is 1. The maximum Gasteiger partial charge on any atom is 0.459 e. The maximum atomic E-state index is 13.8. The Balaban J connectivity index is 1.59. The summed E-state index contributed by atoms with van der Waals surface area (Å²) >= 11 is 0. The summed E-state index contributed by atoms with van der Waals surface area (Å²) in [7, 11) is -2.85. The highest BCUT2D eigenvalue weighted by molar-refractivity contribution is 7.52. The van der Waals surface area contributed by atoms with Crippen LogP contribution in [-0.2, 0) is 23.4 Å². The molecule has 0 amide bonds. The molecule has 6 atom stereocenters. The summed E-state index contributed by atoms with van der Waals surface area (Å²) in [5, 5.41) is 23.9. The van der Waals surface area contributed by atoms with Crippen LogP contribution < -0.4 is 20.1 Å². The van der Waals surface area contributed by atoms with Gasteiger partial charge in [0.1, 0.15) is 29.4 Å². The van der Waals surface area contributed by atoms with Gasteiger partial charge in [0.2, 0.25) is 11.8 Å². The highest BCUT2D eigenvalue weighted by Gasteiger charge is 2.55. The number of carbonyl (C=O) groups is 1. The normalized spacial score (nSPS) is 24.3. The van der Waals surface area contributed by atoms with E-state index in [0.29, 0.717) is 6.42 Å². The second-order valence-corrected chi connectivity index (χ2v) is 11.2. The Hall–Kier alpha value is -3.80. The smallest absolute Gasteiger partial charge is 0.459 e. The predicted molar refractivity (Wildman–Crippen MR) is 144 cm³/mol. The third-order valence-electron chi connectivity index (χ3n) is 6.41. The van der Waals surface area contributed by atoms with Crippen molar-refractivity contribution < 1.29 is 37.7 Å². The minimum atomic E-state index is -4.25. The molecule has 0 aliphatic carbocycles. The Kier molecular flexibility index (Phi) is 9.11. The lowest BCUT2D eigenvalue weighted by Crippen LogP contribution is -2.39. The van der Waals surface area contributed by atoms with Crippen molar-refractivity contribution in [3.8, 4) is 17.7 Å². The van der Waals surface area contributed by atoms with Crippen molar-refractivity contribution in [3.05, 3.63) is 36.7 Å². The number of carbonyl (C=O) groups excluding carboxylic acids is 1. The number of benzene rings is 1. The van der Waals surface area contributed by atoms with E-state index in [1.807, 2.05) is 6.92 Å². The van der Waals surface area contributed by atoms with Crippen LogP contribution >= 0.6 is 7.75 Å². The molecular formula is C25H32N7O8P. The van der Waals surface area contributed by atoms with Gasteiger partial charge < -0.3 is 29.6 Å². The number of nitriles is 1. The van der Waals surface area contributed by atoms with Crippen LogP contribution in [0.15, 0.2) is 36.7 Å². The van der Waals surface area contributed by atoms with Gasteiger partial charge in [-0.05, 0) is 32.4 Å². The van der Waals surface area contributed by atoms with E-state index < -0.39 is 50.2 Å². The number of fused-ring (bicyclic) bond motifs is 1. The molecule has 4 rings (SSSR count). The molecule has 1 aliphatic heterocycles. The Bertz CT molecular complexity index is 1470. The summed E-state index contributed by atoms with van der Waals surface area (Å²) in [6.07, 6.45) is -1.69. The average Bonchev–Trinajstić information content (AvgIpc) is 3.48. The van der Waals surface area contributed by atoms with Crippen LogP contribution in [0.25, 0.3) is 11.2 Å². The topological polar surface area (TPSA) is 206 Å². The van der Waals surface area contributed by atoms with Crippen LogP contribution in [0.1, 0.15) is 33.4 Å². The fourth-order valence-corrected chi connectivity index (χ4v) is 5.74. The molecule has 1 fully saturated rings. The molecule has 4 N–H and O–H groups in total. The van der Waals surface area contributed by atoms with Crippen molar-refractivity contribution >= 4 is 30.8 Å². The third-order valence-corrected chi connectivity index (χ3v) is 8.05. The van der Waals surface area contributed by atoms with Crippen LogP contribution in [0.4, 0.5) is 5.95 Å². The van der Waals surface area contributed by atoms with E-state index in [0.717, 1.165) is 0 Å². The van der Waals surface area contributed by atoms with Gasteiger partial charge in [-0.1, -0.05) is 25.1 Å². The molecule has 220 valence electrons. The molecule has 0 spiro atoms. The molecule has 1 aliphatic rings. The van der Waals surface area contributed by atoms with Crippen LogP contribution in [-0.4, -0.2) is 69.2 Å². The zero-order chi connectivity index (χ0) is 29.8. The van der Waals surface area contributed by atoms with Gasteiger partial charge in [0.05, 0.1) is 32.7 Å². The van der Waals surface area contributed by atoms with E-state index >= 15 is 0 Å². The highest BCUT2D eigenvalue weighted by atomic mass is 31.2. The van der Waals surface area contributed by atoms with Gasteiger partial charge in [0.25, 0.3) is 0 Å². The molecule has 3 aromatic rings. The monoisotopic (exact) mass is 589 g/mol. The van der Waals surface area contributed by atoms with Crippen molar-refractivity contribution in [1.29, 1.82) is 5.26 Å². The van der Waals surface area contributed by atoms with Crippen molar-refractivity contribution in [2.24, 2.45) is 5.41 Å². The molecule has 2 aromatic heterocycles. The van der Waals surface area contributed by atoms with Crippen molar-refractivity contribution in [2.75, 3.05) is 26.1 Å². The molecule has 1 unspecified atom stereocenters. The van der Waals surface area contributed by atoms with E-state index in [9.17, 15) is 19.7 Å². The molecule has 3 heterocycles. The number of nitrogens with zero attached hydrogens (tertiary/aromatic N) is 5. The number of aliphatic hydroxyl groups is 1. The first-order chi connectivity index (χ1) is 19.5. The summed E-state index contributed by atoms with van der Waals surface area (Å²) in [5.41, 5.74) is 4.79. The number of hydrogen-bond donors (Lipinski definition) is 3. The number of nitrogens with one attached hydrogen (secondary N) is 1. The molecular weight excluding hydrogens is 557 g/mol. The maximum absolute atomic E-state index is 13.8. The highest BCUT2D eigenvalue weighted by Crippen LogP contribution is 2.49. The van der Waals surface area contributed by atoms with E-state index in [-0.39, 0.29) is 35.3 Å². The summed E-state index contributed by atoms with van der Waals surface area (Å²) < 4.78 is 43.1. The van der Waals surface area contributed by atoms with Gasteiger partial charge in [-0.2, -0.15) is 20.3 Å². The molecule has 0 saturated carbocycles. The number of hydrogen-bond acceptors (Lipinski definition) is 13. The number of anilines is 1. The number of methoxy groups -OCH3 is 1. The lowest BCUT2D eigenvalue weighted by Gasteiger charge is -2.26. The second-order valence-electron chi connectivity index (χ2n) is 9.50. The number of nitrogen functional groups attached to an aromatic ring is 1. The summed E-state index contributed by atoms with van der Waals surface area (Å²) in [6, 6.07) is 9.27. The predicted octanol–water partition coefficient (Wildman–Crippen LogP) is 2.34. The largest absolute Gasteiger partial charge is 0.479 e. The lowest BCUT2D eigenvalue weighted by atomic mass is 9.84. The number of esters is 1. The first-order valence-electron chi connectivity index (χ1n) is 12.8. The molecule has 15 nitrogen and oxygen atoms in total. The molecule has 41 heavy (non-hydrogen) atoms. The van der Waals surface area contributed by atoms with Gasteiger partial charge in [-0.15, -0.1) is 0 Å². The average molecular weight is 590 g/mol. The van der Waals surface area contributed by atoms with E-state index in [1.54, 1.807) is 30.3 Å². The Morgan fingerprint density at radius 3 is 2.76 bits per heavy atom. The van der Waals surface area contributed by atoms with Crippen LogP contribution in [0, 0.1) is 16.7 Å². The third kappa shape index (κ3) is 6.27. The molecule has 1 aromatic carbocycles. The first-order valence-corrected chi connectivity index (χ1v) is 14.3. The van der Waals surface area contributed by atoms with Gasteiger partial charge >= 0.3 is 13.7 Å². The summed E-state index contributed by atoms with van der Waals surface area (Å²) in [4.78, 5) is 24.8. The first kappa shape index (κ1) is 30.2. The van der Waals surface area contributed by atoms with Crippen LogP contribution in [0.2, 0.25) is 0 Å². The van der Waals surface area contributed by atoms with Crippen molar-refractivity contribution in [2.45, 2.75) is 51.7 Å². The number of aliphatic hydroxyl groups excluding tert-OH is 1. The van der Waals surface area contributed by atoms with Crippen molar-refractivity contribution in [3.63, 3.8) is 0 Å². The van der Waals surface area contributed by atoms with Gasteiger partial charge in [0, 0.05) is 0 Å². The number of rotatable bonds is 12. The second kappa shape index (κ2) is 12.4. The Morgan fingerprint density at radius 1 is 1.37 bits per heavy atom. The zero-order valence-corrected chi connectivity index (χ0v) is 23.9. The quantitative estimate of drug-likeness (QED) is 0.205. The zero-order valence-electron chi connectivity index (χ0n) is 23.0. The fraction of sp³-hybridized carbons (Fsp3) is 0.480. The van der Waals surface area contributed by atoms with Crippen LogP contribution in [0.5, 0.6) is 11.6 Å². The molecule has 16 heteroatoms. The summed E-state index contributed by atoms with van der Waals surface area (Å²) in [6.45, 7) is 4.52. The minimum Gasteiger partial charge on any atom is -0.479 e. The number of aromatic nitrogens is 4.